The molecular formula is C16H10FN3O3. The minimum Gasteiger partial charge on any atom is -0.314 e. The Bertz CT molecular complexity index is 910. The van der Waals surface area contributed by atoms with Crippen molar-refractivity contribution in [1.29, 1.82) is 0 Å². The van der Waals surface area contributed by atoms with E-state index in [0.29, 0.717) is 10.9 Å². The summed E-state index contributed by atoms with van der Waals surface area (Å²) in [7, 11) is 0. The first kappa shape index (κ1) is 14.6. The number of nitro benzene ring substituents is 1. The second-order valence-electron chi connectivity index (χ2n) is 4.75. The molecule has 7 heteroatoms. The van der Waals surface area contributed by atoms with Crippen molar-refractivity contribution in [2.45, 2.75) is 0 Å². The van der Waals surface area contributed by atoms with Crippen LogP contribution in [0.5, 0.6) is 0 Å². The Morgan fingerprint density at radius 2 is 1.87 bits per heavy atom. The molecule has 0 saturated heterocycles. The highest BCUT2D eigenvalue weighted by molar-refractivity contribution is 6.10. The molecule has 0 aliphatic heterocycles. The van der Waals surface area contributed by atoms with Gasteiger partial charge in [-0.1, -0.05) is 6.07 Å². The molecule has 1 N–H and O–H groups in total. The summed E-state index contributed by atoms with van der Waals surface area (Å²) >= 11 is 0. The fourth-order valence-corrected chi connectivity index (χ4v) is 2.20. The molecule has 3 aromatic rings. The van der Waals surface area contributed by atoms with Gasteiger partial charge in [-0.2, -0.15) is 0 Å². The second-order valence-corrected chi connectivity index (χ2v) is 4.75. The van der Waals surface area contributed by atoms with E-state index in [9.17, 15) is 19.3 Å². The average Bonchev–Trinajstić information content (AvgIpc) is 2.55. The third-order valence-electron chi connectivity index (χ3n) is 3.29. The van der Waals surface area contributed by atoms with Gasteiger partial charge in [0.05, 0.1) is 4.92 Å². The highest BCUT2D eigenvalue weighted by atomic mass is 19.1. The minimum atomic E-state index is -0.589. The lowest BCUT2D eigenvalue weighted by molar-refractivity contribution is -0.383. The zero-order valence-corrected chi connectivity index (χ0v) is 11.7. The maximum atomic E-state index is 12.9. The van der Waals surface area contributed by atoms with E-state index in [-0.39, 0.29) is 16.9 Å². The molecular weight excluding hydrogens is 301 g/mol. The van der Waals surface area contributed by atoms with Gasteiger partial charge in [-0.05, 0) is 36.4 Å². The Morgan fingerprint density at radius 3 is 2.57 bits per heavy atom. The molecule has 23 heavy (non-hydrogen) atoms. The normalized spacial score (nSPS) is 10.5. The van der Waals surface area contributed by atoms with Crippen LogP contribution in [0.1, 0.15) is 10.4 Å². The summed E-state index contributed by atoms with van der Waals surface area (Å²) in [5.41, 5.74) is 0.264. The molecule has 0 saturated carbocycles. The molecule has 0 aliphatic rings. The topological polar surface area (TPSA) is 85.1 Å². The maximum absolute atomic E-state index is 12.9. The number of nitrogens with one attached hydrogen (secondary N) is 1. The Kier molecular flexibility index (Phi) is 3.68. The van der Waals surface area contributed by atoms with Crippen molar-refractivity contribution in [3.63, 3.8) is 0 Å². The van der Waals surface area contributed by atoms with Crippen molar-refractivity contribution in [3.8, 4) is 0 Å². The molecule has 114 valence electrons. The number of carbonyl (C=O) groups excluding carboxylic acids is 1. The lowest BCUT2D eigenvalue weighted by Gasteiger charge is -2.09. The van der Waals surface area contributed by atoms with Crippen LogP contribution in [-0.4, -0.2) is 15.8 Å². The standard InChI is InChI=1S/C16H10FN3O3/c17-12-6-3-11(4-7-12)16(21)19-15-13(20(22)23)8-5-10-2-1-9-18-14(10)15/h1-9H,(H,19,21). The van der Waals surface area contributed by atoms with Crippen molar-refractivity contribution in [2.75, 3.05) is 5.32 Å². The fraction of sp³-hybridized carbons (Fsp3) is 0. The zero-order chi connectivity index (χ0) is 16.4. The summed E-state index contributed by atoms with van der Waals surface area (Å²) < 4.78 is 12.9. The van der Waals surface area contributed by atoms with Gasteiger partial charge < -0.3 is 5.32 Å². The van der Waals surface area contributed by atoms with E-state index < -0.39 is 16.6 Å². The number of benzene rings is 2. The summed E-state index contributed by atoms with van der Waals surface area (Å²) in [5, 5.41) is 14.4. The number of pyridine rings is 1. The van der Waals surface area contributed by atoms with Crippen LogP contribution < -0.4 is 5.32 Å². The number of anilines is 1. The van der Waals surface area contributed by atoms with Gasteiger partial charge in [-0.15, -0.1) is 0 Å². The summed E-state index contributed by atoms with van der Waals surface area (Å²) in [6, 6.07) is 11.2. The number of nitrogens with zero attached hydrogens (tertiary/aromatic N) is 2. The quantitative estimate of drug-likeness (QED) is 0.592. The lowest BCUT2D eigenvalue weighted by atomic mass is 10.1. The van der Waals surface area contributed by atoms with Gasteiger partial charge in [-0.25, -0.2) is 4.39 Å². The highest BCUT2D eigenvalue weighted by Gasteiger charge is 2.20. The number of amides is 1. The van der Waals surface area contributed by atoms with Crippen LogP contribution in [0.2, 0.25) is 0 Å². The Balaban J connectivity index is 2.07. The molecule has 0 fully saturated rings. The van der Waals surface area contributed by atoms with Gasteiger partial charge in [-0.3, -0.25) is 19.9 Å². The zero-order valence-electron chi connectivity index (χ0n) is 11.7. The number of nitro groups is 1. The SMILES string of the molecule is O=C(Nc1c([N+](=O)[O-])ccc2cccnc12)c1ccc(F)cc1. The van der Waals surface area contributed by atoms with E-state index in [0.717, 1.165) is 12.1 Å². The predicted molar refractivity (Wildman–Crippen MR) is 82.8 cm³/mol. The molecule has 0 spiro atoms. The van der Waals surface area contributed by atoms with Crippen molar-refractivity contribution >= 4 is 28.2 Å². The number of hydrogen-bond acceptors (Lipinski definition) is 4. The second kappa shape index (κ2) is 5.80. The van der Waals surface area contributed by atoms with Crippen molar-refractivity contribution in [1.82, 2.24) is 4.98 Å². The first-order valence-electron chi connectivity index (χ1n) is 6.65. The van der Waals surface area contributed by atoms with Gasteiger partial charge in [0.2, 0.25) is 0 Å². The van der Waals surface area contributed by atoms with Crippen LogP contribution >= 0.6 is 0 Å². The highest BCUT2D eigenvalue weighted by Crippen LogP contribution is 2.31. The Labute approximate surface area is 129 Å². The molecule has 6 nitrogen and oxygen atoms in total. The molecule has 0 radical (unpaired) electrons. The van der Waals surface area contributed by atoms with Gasteiger partial charge in [0, 0.05) is 23.2 Å². The molecule has 0 atom stereocenters. The summed E-state index contributed by atoms with van der Waals surface area (Å²) in [6.07, 6.45) is 1.49. The number of rotatable bonds is 3. The van der Waals surface area contributed by atoms with Gasteiger partial charge in [0.25, 0.3) is 11.6 Å². The van der Waals surface area contributed by atoms with E-state index in [2.05, 4.69) is 10.3 Å². The smallest absolute Gasteiger partial charge is 0.295 e. The summed E-state index contributed by atoms with van der Waals surface area (Å²) in [6.45, 7) is 0. The number of fused-ring (bicyclic) bond motifs is 1. The van der Waals surface area contributed by atoms with Crippen molar-refractivity contribution in [3.05, 3.63) is 76.2 Å². The van der Waals surface area contributed by atoms with Crippen LogP contribution in [0, 0.1) is 15.9 Å². The molecule has 2 aromatic carbocycles. The van der Waals surface area contributed by atoms with Gasteiger partial charge >= 0.3 is 0 Å². The maximum Gasteiger partial charge on any atom is 0.295 e. The van der Waals surface area contributed by atoms with Crippen LogP contribution in [-0.2, 0) is 0 Å². The molecule has 0 unspecified atom stereocenters. The third kappa shape index (κ3) is 2.84. The number of halogens is 1. The minimum absolute atomic E-state index is 0.0161. The summed E-state index contributed by atoms with van der Waals surface area (Å²) in [5.74, 6) is -1.05. The predicted octanol–water partition coefficient (Wildman–Crippen LogP) is 3.53. The number of aromatic nitrogens is 1. The molecule has 1 amide bonds. The van der Waals surface area contributed by atoms with E-state index in [4.69, 9.17) is 0 Å². The summed E-state index contributed by atoms with van der Waals surface area (Å²) in [4.78, 5) is 27.0. The van der Waals surface area contributed by atoms with E-state index >= 15 is 0 Å². The van der Waals surface area contributed by atoms with Crippen LogP contribution in [0.3, 0.4) is 0 Å². The van der Waals surface area contributed by atoms with Crippen molar-refractivity contribution < 1.29 is 14.1 Å². The number of carbonyl (C=O) groups is 1. The van der Waals surface area contributed by atoms with E-state index in [1.165, 1.54) is 24.4 Å². The van der Waals surface area contributed by atoms with E-state index in [1.54, 1.807) is 18.2 Å². The Morgan fingerprint density at radius 1 is 1.13 bits per heavy atom. The fourth-order valence-electron chi connectivity index (χ4n) is 2.20. The average molecular weight is 311 g/mol. The van der Waals surface area contributed by atoms with Crippen LogP contribution in [0.25, 0.3) is 10.9 Å². The lowest BCUT2D eigenvalue weighted by Crippen LogP contribution is -2.13. The first-order chi connectivity index (χ1) is 11.1. The third-order valence-corrected chi connectivity index (χ3v) is 3.29. The van der Waals surface area contributed by atoms with Crippen molar-refractivity contribution in [2.24, 2.45) is 0 Å². The first-order valence-corrected chi connectivity index (χ1v) is 6.65. The number of hydrogen-bond donors (Lipinski definition) is 1. The largest absolute Gasteiger partial charge is 0.314 e. The molecule has 0 bridgehead atoms. The molecule has 0 aliphatic carbocycles. The monoisotopic (exact) mass is 311 g/mol. The Hall–Kier alpha value is -3.35. The van der Waals surface area contributed by atoms with Gasteiger partial charge in [0.15, 0.2) is 0 Å². The van der Waals surface area contributed by atoms with Crippen LogP contribution in [0.15, 0.2) is 54.7 Å². The van der Waals surface area contributed by atoms with Gasteiger partial charge in [0.1, 0.15) is 17.0 Å². The molecule has 1 aromatic heterocycles. The molecule has 1 heterocycles. The van der Waals surface area contributed by atoms with Crippen LogP contribution in [0.4, 0.5) is 15.8 Å². The molecule has 3 rings (SSSR count). The van der Waals surface area contributed by atoms with E-state index in [1.807, 2.05) is 0 Å².